The minimum absolute atomic E-state index is 0.0782. The Balaban J connectivity index is 1.88. The third-order valence-electron chi connectivity index (χ3n) is 5.46. The lowest BCUT2D eigenvalue weighted by Crippen LogP contribution is -2.43. The largest absolute Gasteiger partial charge is 0.338 e. The highest BCUT2D eigenvalue weighted by molar-refractivity contribution is 7.21. The number of fused-ring (bicyclic) bond motifs is 1. The number of alkyl halides is 1. The quantitative estimate of drug-likeness (QED) is 0.590. The van der Waals surface area contributed by atoms with Crippen LogP contribution in [-0.4, -0.2) is 44.3 Å². The molecule has 3 aromatic rings. The molecule has 0 aliphatic carbocycles. The zero-order valence-corrected chi connectivity index (χ0v) is 17.9. The van der Waals surface area contributed by atoms with Gasteiger partial charge in [0.1, 0.15) is 15.4 Å². The second kappa shape index (κ2) is 6.81. The Kier molecular flexibility index (Phi) is 4.70. The second-order valence-electron chi connectivity index (χ2n) is 7.73. The van der Waals surface area contributed by atoms with Crippen LogP contribution in [0.25, 0.3) is 21.3 Å². The number of pyridine rings is 1. The Morgan fingerprint density at radius 3 is 2.61 bits per heavy atom. The number of thiophene rings is 1. The van der Waals surface area contributed by atoms with Gasteiger partial charge in [0.2, 0.25) is 0 Å². The summed E-state index contributed by atoms with van der Waals surface area (Å²) in [6.45, 7) is 6.26. The van der Waals surface area contributed by atoms with Crippen LogP contribution >= 0.6 is 22.9 Å². The van der Waals surface area contributed by atoms with Crippen molar-refractivity contribution in [2.75, 3.05) is 13.1 Å². The predicted molar refractivity (Wildman–Crippen MR) is 111 cm³/mol. The number of carbonyl (C=O) groups is 1. The van der Waals surface area contributed by atoms with Crippen LogP contribution in [0.15, 0.2) is 12.4 Å². The molecule has 0 bridgehead atoms. The maximum Gasteiger partial charge on any atom is 0.264 e. The molecule has 0 spiro atoms. The minimum Gasteiger partial charge on any atom is -0.338 e. The Hall–Kier alpha value is -1.99. The normalized spacial score (nSPS) is 16.7. The lowest BCUT2D eigenvalue weighted by molar-refractivity contribution is 0.0508. The van der Waals surface area contributed by atoms with Gasteiger partial charge in [-0.3, -0.25) is 9.48 Å². The van der Waals surface area contributed by atoms with Crippen molar-refractivity contribution in [1.29, 1.82) is 0 Å². The maximum atomic E-state index is 14.2. The number of hydrogen-bond acceptors (Lipinski definition) is 4. The molecule has 0 atom stereocenters. The monoisotopic (exact) mass is 420 g/mol. The van der Waals surface area contributed by atoms with Crippen LogP contribution in [0.2, 0.25) is 5.02 Å². The maximum absolute atomic E-state index is 14.2. The van der Waals surface area contributed by atoms with E-state index in [1.807, 2.05) is 27.1 Å². The van der Waals surface area contributed by atoms with Crippen molar-refractivity contribution < 1.29 is 9.18 Å². The molecule has 28 heavy (non-hydrogen) atoms. The molecule has 0 N–H and O–H groups in total. The number of halogens is 2. The van der Waals surface area contributed by atoms with Crippen LogP contribution in [0.4, 0.5) is 4.39 Å². The van der Waals surface area contributed by atoms with E-state index in [1.54, 1.807) is 22.7 Å². The van der Waals surface area contributed by atoms with Crippen molar-refractivity contribution in [1.82, 2.24) is 19.7 Å². The van der Waals surface area contributed by atoms with Crippen molar-refractivity contribution in [3.63, 3.8) is 0 Å². The molecule has 1 aliphatic rings. The first-order chi connectivity index (χ1) is 13.2. The number of nitrogens with zero attached hydrogens (tertiary/aromatic N) is 4. The van der Waals surface area contributed by atoms with Gasteiger partial charge in [0.25, 0.3) is 5.91 Å². The van der Waals surface area contributed by atoms with E-state index in [-0.39, 0.29) is 5.91 Å². The molecule has 1 aliphatic heterocycles. The second-order valence-corrected chi connectivity index (χ2v) is 9.11. The van der Waals surface area contributed by atoms with E-state index in [0.29, 0.717) is 35.8 Å². The molecule has 5 nitrogen and oxygen atoms in total. The summed E-state index contributed by atoms with van der Waals surface area (Å²) in [6.07, 6.45) is 4.35. The summed E-state index contributed by atoms with van der Waals surface area (Å²) in [5.41, 5.74) is 2.13. The van der Waals surface area contributed by atoms with Gasteiger partial charge in [0.15, 0.2) is 0 Å². The van der Waals surface area contributed by atoms with Gasteiger partial charge < -0.3 is 4.90 Å². The van der Waals surface area contributed by atoms with Crippen LogP contribution in [0.1, 0.15) is 40.7 Å². The van der Waals surface area contributed by atoms with Crippen LogP contribution in [0.5, 0.6) is 0 Å². The Labute approximate surface area is 172 Å². The summed E-state index contributed by atoms with van der Waals surface area (Å²) in [5, 5.41) is 5.78. The van der Waals surface area contributed by atoms with E-state index < -0.39 is 5.67 Å². The molecular formula is C20H22ClFN4OS. The standard InChI is InChI=1S/C20H22ClFN4OS/c1-11-14-15(13-9-23-25(4)10-13)17(28-18(14)24-12(2)16(11)21)19(27)26-7-5-20(3,22)6-8-26/h9-10H,5-8H2,1-4H3. The van der Waals surface area contributed by atoms with Crippen LogP contribution in [-0.2, 0) is 7.05 Å². The molecule has 4 rings (SSSR count). The zero-order valence-electron chi connectivity index (χ0n) is 16.3. The van der Waals surface area contributed by atoms with E-state index in [2.05, 4.69) is 10.1 Å². The lowest BCUT2D eigenvalue weighted by atomic mass is 9.95. The van der Waals surface area contributed by atoms with Crippen molar-refractivity contribution in [3.05, 3.63) is 33.6 Å². The van der Waals surface area contributed by atoms with Crippen LogP contribution in [0.3, 0.4) is 0 Å². The van der Waals surface area contributed by atoms with Crippen molar-refractivity contribution in [2.45, 2.75) is 39.3 Å². The number of likely N-dealkylation sites (tertiary alicyclic amines) is 1. The Morgan fingerprint density at radius 1 is 1.32 bits per heavy atom. The summed E-state index contributed by atoms with van der Waals surface area (Å²) in [7, 11) is 1.84. The predicted octanol–water partition coefficient (Wildman–Crippen LogP) is 4.93. The van der Waals surface area contributed by atoms with Crippen molar-refractivity contribution in [3.8, 4) is 11.1 Å². The van der Waals surface area contributed by atoms with Gasteiger partial charge in [-0.25, -0.2) is 9.37 Å². The number of aromatic nitrogens is 3. The number of hydrogen-bond donors (Lipinski definition) is 0. The number of rotatable bonds is 2. The summed E-state index contributed by atoms with van der Waals surface area (Å²) in [5.74, 6) is -0.0782. The molecule has 3 aromatic heterocycles. The van der Waals surface area contributed by atoms with Crippen molar-refractivity contribution in [2.24, 2.45) is 7.05 Å². The molecule has 0 unspecified atom stereocenters. The topological polar surface area (TPSA) is 51.0 Å². The summed E-state index contributed by atoms with van der Waals surface area (Å²) in [4.78, 5) is 21.2. The highest BCUT2D eigenvalue weighted by Crippen LogP contribution is 2.43. The first-order valence-corrected chi connectivity index (χ1v) is 10.4. The van der Waals surface area contributed by atoms with Gasteiger partial charge in [0.05, 0.1) is 16.9 Å². The fourth-order valence-corrected chi connectivity index (χ4v) is 5.13. The molecule has 8 heteroatoms. The highest BCUT2D eigenvalue weighted by Gasteiger charge is 2.34. The van der Waals surface area contributed by atoms with Gasteiger partial charge in [0, 0.05) is 42.8 Å². The average molecular weight is 421 g/mol. The smallest absolute Gasteiger partial charge is 0.264 e. The average Bonchev–Trinajstić information content (AvgIpc) is 3.22. The molecule has 0 saturated carbocycles. The number of piperidine rings is 1. The van der Waals surface area contributed by atoms with Crippen molar-refractivity contribution >= 4 is 39.1 Å². The minimum atomic E-state index is -1.20. The van der Waals surface area contributed by atoms with Gasteiger partial charge in [-0.2, -0.15) is 5.10 Å². The Morgan fingerprint density at radius 2 is 2.00 bits per heavy atom. The molecule has 0 radical (unpaired) electrons. The number of carbonyl (C=O) groups excluding carboxylic acids is 1. The van der Waals surface area contributed by atoms with E-state index in [1.165, 1.54) is 11.3 Å². The molecule has 148 valence electrons. The van der Waals surface area contributed by atoms with E-state index in [4.69, 9.17) is 11.6 Å². The van der Waals surface area contributed by atoms with Gasteiger partial charge in [-0.1, -0.05) is 11.6 Å². The lowest BCUT2D eigenvalue weighted by Gasteiger charge is -2.34. The number of amides is 1. The number of aryl methyl sites for hydroxylation is 3. The summed E-state index contributed by atoms with van der Waals surface area (Å²) >= 11 is 7.85. The van der Waals surface area contributed by atoms with Crippen LogP contribution < -0.4 is 0 Å². The SMILES string of the molecule is Cc1nc2sc(C(=O)N3CCC(C)(F)CC3)c(-c3cnn(C)c3)c2c(C)c1Cl. The highest BCUT2D eigenvalue weighted by atomic mass is 35.5. The van der Waals surface area contributed by atoms with Gasteiger partial charge in [-0.15, -0.1) is 11.3 Å². The van der Waals surface area contributed by atoms with Crippen LogP contribution in [0, 0.1) is 13.8 Å². The first kappa shape index (κ1) is 19.3. The molecule has 1 saturated heterocycles. The van der Waals surface area contributed by atoms with E-state index in [9.17, 15) is 9.18 Å². The fraction of sp³-hybridized carbons (Fsp3) is 0.450. The molecule has 1 fully saturated rings. The van der Waals surface area contributed by atoms with Gasteiger partial charge in [-0.05, 0) is 39.2 Å². The molecular weight excluding hydrogens is 399 g/mol. The fourth-order valence-electron chi connectivity index (χ4n) is 3.72. The third kappa shape index (κ3) is 3.20. The first-order valence-electron chi connectivity index (χ1n) is 9.24. The van der Waals surface area contributed by atoms with E-state index >= 15 is 0 Å². The van der Waals surface area contributed by atoms with Gasteiger partial charge >= 0.3 is 0 Å². The third-order valence-corrected chi connectivity index (χ3v) is 7.09. The Bertz CT molecular complexity index is 1080. The summed E-state index contributed by atoms with van der Waals surface area (Å²) < 4.78 is 15.9. The summed E-state index contributed by atoms with van der Waals surface area (Å²) in [6, 6.07) is 0. The molecule has 0 aromatic carbocycles. The molecule has 4 heterocycles. The van der Waals surface area contributed by atoms with E-state index in [0.717, 1.165) is 32.6 Å². The molecule has 1 amide bonds. The zero-order chi connectivity index (χ0) is 20.2.